The number of hydrogen-bond acceptors (Lipinski definition) is 6. The molecule has 2 rings (SSSR count). The summed E-state index contributed by atoms with van der Waals surface area (Å²) in [5.74, 6) is -0.665. The van der Waals surface area contributed by atoms with E-state index in [1.54, 1.807) is 13.0 Å². The summed E-state index contributed by atoms with van der Waals surface area (Å²) < 4.78 is 5.02. The van der Waals surface area contributed by atoms with Gasteiger partial charge in [0.15, 0.2) is 0 Å². The minimum atomic E-state index is -0.466. The van der Waals surface area contributed by atoms with E-state index in [1.807, 2.05) is 45.0 Å². The fourth-order valence-electron chi connectivity index (χ4n) is 2.76. The molecule has 1 amide bonds. The summed E-state index contributed by atoms with van der Waals surface area (Å²) in [6.45, 7) is 7.39. The summed E-state index contributed by atoms with van der Waals surface area (Å²) in [5, 5.41) is 9.92. The third-order valence-electron chi connectivity index (χ3n) is 4.06. The standard InChI is InChI=1S/C21H23N3O3S/c1-5-27-20(26)12-24(18-9-7-6-8-14(18)2)19(25)13-28-21-17(11-22)15(3)10-16(4)23-21/h6-10H,5,12-13H2,1-4H3. The second-order valence-corrected chi connectivity index (χ2v) is 7.20. The van der Waals surface area contributed by atoms with Gasteiger partial charge in [0.05, 0.1) is 17.9 Å². The lowest BCUT2D eigenvalue weighted by molar-refractivity contribution is -0.142. The maximum absolute atomic E-state index is 13.0. The number of nitrogens with zero attached hydrogens (tertiary/aromatic N) is 3. The van der Waals surface area contributed by atoms with Crippen LogP contribution in [0.1, 0.15) is 29.3 Å². The van der Waals surface area contributed by atoms with E-state index in [0.717, 1.165) is 16.8 Å². The van der Waals surface area contributed by atoms with E-state index in [-0.39, 0.29) is 24.8 Å². The molecular formula is C21H23N3O3S. The lowest BCUT2D eigenvalue weighted by Crippen LogP contribution is -2.38. The van der Waals surface area contributed by atoms with Crippen molar-refractivity contribution in [2.75, 3.05) is 23.8 Å². The van der Waals surface area contributed by atoms with E-state index in [1.165, 1.54) is 16.7 Å². The molecule has 0 saturated heterocycles. The number of carbonyl (C=O) groups excluding carboxylic acids is 2. The molecule has 0 unspecified atom stereocenters. The van der Waals surface area contributed by atoms with Crippen molar-refractivity contribution in [2.24, 2.45) is 0 Å². The Morgan fingerprint density at radius 3 is 2.57 bits per heavy atom. The molecule has 0 N–H and O–H groups in total. The third-order valence-corrected chi connectivity index (χ3v) is 5.02. The quantitative estimate of drug-likeness (QED) is 0.525. The lowest BCUT2D eigenvalue weighted by Gasteiger charge is -2.23. The van der Waals surface area contributed by atoms with E-state index < -0.39 is 5.97 Å². The van der Waals surface area contributed by atoms with E-state index in [4.69, 9.17) is 4.74 Å². The number of thioether (sulfide) groups is 1. The highest BCUT2D eigenvalue weighted by Gasteiger charge is 2.22. The van der Waals surface area contributed by atoms with Crippen molar-refractivity contribution in [3.63, 3.8) is 0 Å². The first-order valence-corrected chi connectivity index (χ1v) is 9.88. The van der Waals surface area contributed by atoms with Gasteiger partial charge in [-0.3, -0.25) is 9.59 Å². The number of aryl methyl sites for hydroxylation is 3. The van der Waals surface area contributed by atoms with Crippen LogP contribution < -0.4 is 4.90 Å². The average molecular weight is 398 g/mol. The van der Waals surface area contributed by atoms with Gasteiger partial charge in [-0.25, -0.2) is 4.98 Å². The van der Waals surface area contributed by atoms with Crippen molar-refractivity contribution in [3.05, 3.63) is 52.7 Å². The SMILES string of the molecule is CCOC(=O)CN(C(=O)CSc1nc(C)cc(C)c1C#N)c1ccccc1C. The number of amides is 1. The molecule has 0 spiro atoms. The molecule has 0 bridgehead atoms. The van der Waals surface area contributed by atoms with Crippen molar-refractivity contribution < 1.29 is 14.3 Å². The predicted molar refractivity (Wildman–Crippen MR) is 109 cm³/mol. The minimum Gasteiger partial charge on any atom is -0.465 e. The Morgan fingerprint density at radius 2 is 1.93 bits per heavy atom. The van der Waals surface area contributed by atoms with Gasteiger partial charge in [-0.2, -0.15) is 5.26 Å². The van der Waals surface area contributed by atoms with Gasteiger partial charge in [-0.05, 0) is 51.0 Å². The van der Waals surface area contributed by atoms with E-state index in [9.17, 15) is 14.9 Å². The summed E-state index contributed by atoms with van der Waals surface area (Å²) in [6, 6.07) is 11.4. The van der Waals surface area contributed by atoms with Crippen LogP contribution in [0.3, 0.4) is 0 Å². The molecule has 0 atom stereocenters. The molecule has 0 fully saturated rings. The molecule has 0 aliphatic rings. The van der Waals surface area contributed by atoms with Crippen molar-refractivity contribution >= 4 is 29.3 Å². The fraction of sp³-hybridized carbons (Fsp3) is 0.333. The summed E-state index contributed by atoms with van der Waals surface area (Å²) in [5.41, 5.74) is 3.62. The largest absolute Gasteiger partial charge is 0.465 e. The molecule has 7 heteroatoms. The molecule has 28 heavy (non-hydrogen) atoms. The van der Waals surface area contributed by atoms with Crippen LogP contribution in [0.5, 0.6) is 0 Å². The molecule has 0 aliphatic heterocycles. The number of rotatable bonds is 7. The number of pyridine rings is 1. The number of benzene rings is 1. The molecule has 0 aliphatic carbocycles. The van der Waals surface area contributed by atoms with Gasteiger partial charge in [-0.15, -0.1) is 0 Å². The Labute approximate surface area is 169 Å². The van der Waals surface area contributed by atoms with Gasteiger partial charge >= 0.3 is 5.97 Å². The molecule has 2 aromatic rings. The zero-order valence-electron chi connectivity index (χ0n) is 16.5. The molecule has 1 aromatic heterocycles. The molecule has 0 saturated carbocycles. The van der Waals surface area contributed by atoms with Crippen LogP contribution in [0.2, 0.25) is 0 Å². The zero-order chi connectivity index (χ0) is 20.7. The molecule has 1 heterocycles. The first-order valence-electron chi connectivity index (χ1n) is 8.90. The smallest absolute Gasteiger partial charge is 0.326 e. The normalized spacial score (nSPS) is 10.2. The van der Waals surface area contributed by atoms with E-state index >= 15 is 0 Å². The summed E-state index contributed by atoms with van der Waals surface area (Å²) in [6.07, 6.45) is 0. The van der Waals surface area contributed by atoms with Gasteiger partial charge in [0.2, 0.25) is 5.91 Å². The average Bonchev–Trinajstić information content (AvgIpc) is 2.64. The van der Waals surface area contributed by atoms with Gasteiger partial charge in [-0.1, -0.05) is 30.0 Å². The van der Waals surface area contributed by atoms with Crippen LogP contribution in [-0.4, -0.2) is 35.8 Å². The van der Waals surface area contributed by atoms with Crippen LogP contribution in [0.4, 0.5) is 5.69 Å². The van der Waals surface area contributed by atoms with Gasteiger partial charge in [0, 0.05) is 11.4 Å². The Bertz CT molecular complexity index is 922. The second kappa shape index (κ2) is 9.90. The minimum absolute atomic E-state index is 0.0539. The van der Waals surface area contributed by atoms with Gasteiger partial charge in [0.25, 0.3) is 0 Å². The molecule has 0 radical (unpaired) electrons. The summed E-state index contributed by atoms with van der Waals surface area (Å²) >= 11 is 1.20. The highest BCUT2D eigenvalue weighted by molar-refractivity contribution is 8.00. The third kappa shape index (κ3) is 5.33. The number of hydrogen-bond donors (Lipinski definition) is 0. The number of esters is 1. The second-order valence-electron chi connectivity index (χ2n) is 6.23. The van der Waals surface area contributed by atoms with Crippen LogP contribution in [0, 0.1) is 32.1 Å². The summed E-state index contributed by atoms with van der Waals surface area (Å²) in [7, 11) is 0. The number of ether oxygens (including phenoxy) is 1. The molecule has 1 aromatic carbocycles. The first-order chi connectivity index (χ1) is 13.4. The van der Waals surface area contributed by atoms with Crippen molar-refractivity contribution in [3.8, 4) is 6.07 Å². The summed E-state index contributed by atoms with van der Waals surface area (Å²) in [4.78, 5) is 30.8. The number of aromatic nitrogens is 1. The maximum Gasteiger partial charge on any atom is 0.326 e. The highest BCUT2D eigenvalue weighted by Crippen LogP contribution is 2.26. The van der Waals surface area contributed by atoms with Crippen LogP contribution in [0.25, 0.3) is 0 Å². The Balaban J connectivity index is 2.25. The molecular weight excluding hydrogens is 374 g/mol. The predicted octanol–water partition coefficient (Wildman–Crippen LogP) is 3.57. The molecule has 146 valence electrons. The monoisotopic (exact) mass is 397 g/mol. The highest BCUT2D eigenvalue weighted by atomic mass is 32.2. The van der Waals surface area contributed by atoms with Gasteiger partial charge < -0.3 is 9.64 Å². The van der Waals surface area contributed by atoms with Crippen LogP contribution in [-0.2, 0) is 14.3 Å². The Kier molecular flexibility index (Phi) is 7.59. The number of anilines is 1. The topological polar surface area (TPSA) is 83.3 Å². The van der Waals surface area contributed by atoms with Crippen molar-refractivity contribution in [1.82, 2.24) is 4.98 Å². The Morgan fingerprint density at radius 1 is 1.21 bits per heavy atom. The van der Waals surface area contributed by atoms with E-state index in [2.05, 4.69) is 11.1 Å². The van der Waals surface area contributed by atoms with E-state index in [0.29, 0.717) is 16.3 Å². The number of carbonyl (C=O) groups is 2. The fourth-order valence-corrected chi connectivity index (χ4v) is 3.74. The number of nitriles is 1. The number of para-hydroxylation sites is 1. The van der Waals surface area contributed by atoms with Crippen LogP contribution >= 0.6 is 11.8 Å². The Hall–Kier alpha value is -2.85. The lowest BCUT2D eigenvalue weighted by atomic mass is 10.1. The zero-order valence-corrected chi connectivity index (χ0v) is 17.3. The van der Waals surface area contributed by atoms with Gasteiger partial charge in [0.1, 0.15) is 17.6 Å². The van der Waals surface area contributed by atoms with Crippen molar-refractivity contribution in [2.45, 2.75) is 32.7 Å². The van der Waals surface area contributed by atoms with Crippen molar-refractivity contribution in [1.29, 1.82) is 5.26 Å². The maximum atomic E-state index is 13.0. The van der Waals surface area contributed by atoms with Crippen LogP contribution in [0.15, 0.2) is 35.4 Å². The molecule has 6 nitrogen and oxygen atoms in total. The first kappa shape index (κ1) is 21.5.